The number of allylic oxidation sites excluding steroid dienone is 1. The van der Waals surface area contributed by atoms with Crippen molar-refractivity contribution < 1.29 is 9.32 Å². The fourth-order valence-electron chi connectivity index (χ4n) is 1.88. The third kappa shape index (κ3) is 3.16. The first-order chi connectivity index (χ1) is 8.81. The SMILES string of the molecule is C/C=C/CCNC(=O)c1noc(C2CCCN2)n1. The van der Waals surface area contributed by atoms with Crippen molar-refractivity contribution in [1.29, 1.82) is 0 Å². The zero-order valence-corrected chi connectivity index (χ0v) is 10.5. The molecule has 1 unspecified atom stereocenters. The van der Waals surface area contributed by atoms with Gasteiger partial charge in [0.05, 0.1) is 6.04 Å². The molecule has 98 valence electrons. The summed E-state index contributed by atoms with van der Waals surface area (Å²) in [5.74, 6) is 0.331. The van der Waals surface area contributed by atoms with Gasteiger partial charge in [0.1, 0.15) is 0 Å². The van der Waals surface area contributed by atoms with Crippen LogP contribution in [0, 0.1) is 0 Å². The normalized spacial score (nSPS) is 19.5. The monoisotopic (exact) mass is 250 g/mol. The molecule has 6 heteroatoms. The number of carbonyl (C=O) groups excluding carboxylic acids is 1. The van der Waals surface area contributed by atoms with Crippen LogP contribution in [0.4, 0.5) is 0 Å². The molecular formula is C12H18N4O2. The second kappa shape index (κ2) is 6.30. The Labute approximate surface area is 106 Å². The van der Waals surface area contributed by atoms with Crippen LogP contribution in [0.25, 0.3) is 0 Å². The molecule has 2 heterocycles. The number of rotatable bonds is 5. The van der Waals surface area contributed by atoms with Crippen LogP contribution in [-0.4, -0.2) is 29.1 Å². The lowest BCUT2D eigenvalue weighted by atomic mass is 10.2. The maximum atomic E-state index is 11.7. The van der Waals surface area contributed by atoms with E-state index in [0.29, 0.717) is 12.4 Å². The van der Waals surface area contributed by atoms with Crippen molar-refractivity contribution in [2.45, 2.75) is 32.2 Å². The number of amides is 1. The Morgan fingerprint density at radius 3 is 3.28 bits per heavy atom. The molecule has 1 atom stereocenters. The summed E-state index contributed by atoms with van der Waals surface area (Å²) in [6.45, 7) is 3.48. The third-order valence-corrected chi connectivity index (χ3v) is 2.84. The Bertz CT molecular complexity index is 421. The minimum absolute atomic E-state index is 0.0991. The molecular weight excluding hydrogens is 232 g/mol. The molecule has 1 aliphatic heterocycles. The van der Waals surface area contributed by atoms with Crippen LogP contribution in [0.3, 0.4) is 0 Å². The Kier molecular flexibility index (Phi) is 4.46. The van der Waals surface area contributed by atoms with Gasteiger partial charge in [-0.3, -0.25) is 4.79 Å². The summed E-state index contributed by atoms with van der Waals surface area (Å²) in [7, 11) is 0. The van der Waals surface area contributed by atoms with Crippen LogP contribution in [-0.2, 0) is 0 Å². The van der Waals surface area contributed by atoms with Crippen molar-refractivity contribution in [2.24, 2.45) is 0 Å². The fraction of sp³-hybridized carbons (Fsp3) is 0.583. The first-order valence-electron chi connectivity index (χ1n) is 6.27. The highest BCUT2D eigenvalue weighted by molar-refractivity contribution is 5.90. The topological polar surface area (TPSA) is 80.0 Å². The van der Waals surface area contributed by atoms with Crippen molar-refractivity contribution in [3.63, 3.8) is 0 Å². The molecule has 0 saturated carbocycles. The number of nitrogens with zero attached hydrogens (tertiary/aromatic N) is 2. The van der Waals surface area contributed by atoms with Gasteiger partial charge in [-0.15, -0.1) is 0 Å². The van der Waals surface area contributed by atoms with Gasteiger partial charge < -0.3 is 15.2 Å². The van der Waals surface area contributed by atoms with Crippen molar-refractivity contribution in [2.75, 3.05) is 13.1 Å². The summed E-state index contributed by atoms with van der Waals surface area (Å²) in [6.07, 6.45) is 6.81. The van der Waals surface area contributed by atoms with Crippen molar-refractivity contribution in [3.05, 3.63) is 23.9 Å². The molecule has 0 aliphatic carbocycles. The zero-order chi connectivity index (χ0) is 12.8. The summed E-state index contributed by atoms with van der Waals surface area (Å²) < 4.78 is 5.10. The smallest absolute Gasteiger partial charge is 0.292 e. The van der Waals surface area contributed by atoms with Gasteiger partial charge in [0.25, 0.3) is 11.7 Å². The molecule has 0 aromatic carbocycles. The highest BCUT2D eigenvalue weighted by atomic mass is 16.5. The quantitative estimate of drug-likeness (QED) is 0.606. The van der Waals surface area contributed by atoms with Gasteiger partial charge >= 0.3 is 0 Å². The molecule has 0 radical (unpaired) electrons. The van der Waals surface area contributed by atoms with E-state index in [-0.39, 0.29) is 17.8 Å². The van der Waals surface area contributed by atoms with Crippen LogP contribution >= 0.6 is 0 Å². The summed E-state index contributed by atoms with van der Waals surface area (Å²) in [4.78, 5) is 15.8. The zero-order valence-electron chi connectivity index (χ0n) is 10.5. The number of hydrogen-bond donors (Lipinski definition) is 2. The molecule has 1 aliphatic rings. The van der Waals surface area contributed by atoms with Gasteiger partial charge in [-0.05, 0) is 32.7 Å². The minimum Gasteiger partial charge on any atom is -0.349 e. The largest absolute Gasteiger partial charge is 0.349 e. The predicted octanol–water partition coefficient (Wildman–Crippen LogP) is 1.19. The molecule has 0 bridgehead atoms. The second-order valence-electron chi connectivity index (χ2n) is 4.22. The Hall–Kier alpha value is -1.69. The highest BCUT2D eigenvalue weighted by Crippen LogP contribution is 2.20. The third-order valence-electron chi connectivity index (χ3n) is 2.84. The molecule has 1 aromatic heterocycles. The van der Waals surface area contributed by atoms with Crippen LogP contribution in [0.1, 0.15) is 48.7 Å². The lowest BCUT2D eigenvalue weighted by Gasteiger charge is -2.01. The van der Waals surface area contributed by atoms with E-state index in [4.69, 9.17) is 4.52 Å². The van der Waals surface area contributed by atoms with E-state index < -0.39 is 0 Å². The Balaban J connectivity index is 1.86. The molecule has 0 spiro atoms. The lowest BCUT2D eigenvalue weighted by Crippen LogP contribution is -2.25. The molecule has 2 N–H and O–H groups in total. The van der Waals surface area contributed by atoms with Crippen LogP contribution in [0.5, 0.6) is 0 Å². The predicted molar refractivity (Wildman–Crippen MR) is 66.0 cm³/mol. The van der Waals surface area contributed by atoms with Crippen molar-refractivity contribution >= 4 is 5.91 Å². The minimum atomic E-state index is -0.285. The van der Waals surface area contributed by atoms with Crippen LogP contribution in [0.2, 0.25) is 0 Å². The fourth-order valence-corrected chi connectivity index (χ4v) is 1.88. The summed E-state index contributed by atoms with van der Waals surface area (Å²) in [5.41, 5.74) is 0. The molecule has 6 nitrogen and oxygen atoms in total. The summed E-state index contributed by atoms with van der Waals surface area (Å²) >= 11 is 0. The van der Waals surface area contributed by atoms with Gasteiger partial charge in [0.2, 0.25) is 5.89 Å². The molecule has 1 amide bonds. The van der Waals surface area contributed by atoms with E-state index in [1.165, 1.54) is 0 Å². The molecule has 18 heavy (non-hydrogen) atoms. The van der Waals surface area contributed by atoms with E-state index in [2.05, 4.69) is 20.8 Å². The first kappa shape index (κ1) is 12.8. The second-order valence-corrected chi connectivity index (χ2v) is 4.22. The number of nitrogens with one attached hydrogen (secondary N) is 2. The van der Waals surface area contributed by atoms with Gasteiger partial charge in [0.15, 0.2) is 0 Å². The maximum Gasteiger partial charge on any atom is 0.292 e. The van der Waals surface area contributed by atoms with Gasteiger partial charge in [-0.1, -0.05) is 17.3 Å². The van der Waals surface area contributed by atoms with Gasteiger partial charge in [-0.25, -0.2) is 0 Å². The summed E-state index contributed by atoms with van der Waals surface area (Å²) in [5, 5.41) is 9.69. The first-order valence-corrected chi connectivity index (χ1v) is 6.27. The number of hydrogen-bond acceptors (Lipinski definition) is 5. The molecule has 1 aromatic rings. The standard InChI is InChI=1S/C12H18N4O2/c1-2-3-4-7-14-11(17)10-15-12(18-16-10)9-6-5-8-13-9/h2-3,9,13H,4-8H2,1H3,(H,14,17)/b3-2+. The van der Waals surface area contributed by atoms with Crippen LogP contribution < -0.4 is 10.6 Å². The van der Waals surface area contributed by atoms with E-state index in [0.717, 1.165) is 25.8 Å². The lowest BCUT2D eigenvalue weighted by molar-refractivity contribution is 0.0941. The van der Waals surface area contributed by atoms with Crippen LogP contribution in [0.15, 0.2) is 16.7 Å². The maximum absolute atomic E-state index is 11.7. The van der Waals surface area contributed by atoms with Gasteiger partial charge in [-0.2, -0.15) is 4.98 Å². The van der Waals surface area contributed by atoms with Crippen molar-refractivity contribution in [3.8, 4) is 0 Å². The van der Waals surface area contributed by atoms with E-state index >= 15 is 0 Å². The molecule has 2 rings (SSSR count). The average molecular weight is 250 g/mol. The Morgan fingerprint density at radius 2 is 2.56 bits per heavy atom. The van der Waals surface area contributed by atoms with E-state index in [1.54, 1.807) is 0 Å². The highest BCUT2D eigenvalue weighted by Gasteiger charge is 2.23. The molecule has 1 fully saturated rings. The van der Waals surface area contributed by atoms with Gasteiger partial charge in [0, 0.05) is 6.54 Å². The van der Waals surface area contributed by atoms with Crippen molar-refractivity contribution in [1.82, 2.24) is 20.8 Å². The molecule has 1 saturated heterocycles. The average Bonchev–Trinajstić information content (AvgIpc) is 3.03. The Morgan fingerprint density at radius 1 is 1.67 bits per heavy atom. The van der Waals surface area contributed by atoms with E-state index in [9.17, 15) is 4.79 Å². The number of carbonyl (C=O) groups is 1. The summed E-state index contributed by atoms with van der Waals surface area (Å²) in [6, 6.07) is 0.0991. The van der Waals surface area contributed by atoms with E-state index in [1.807, 2.05) is 19.1 Å². The number of aromatic nitrogens is 2.